The van der Waals surface area contributed by atoms with Gasteiger partial charge in [-0.05, 0) is 50.8 Å². The predicted octanol–water partition coefficient (Wildman–Crippen LogP) is 3.62. The second kappa shape index (κ2) is 7.32. The molecule has 1 N–H and O–H groups in total. The fourth-order valence-corrected chi connectivity index (χ4v) is 2.07. The van der Waals surface area contributed by atoms with Gasteiger partial charge in [-0.1, -0.05) is 26.0 Å². The summed E-state index contributed by atoms with van der Waals surface area (Å²) in [5, 5.41) is 2.88. The lowest BCUT2D eigenvalue weighted by Crippen LogP contribution is -2.36. The molecular formula is C17H27NO2. The van der Waals surface area contributed by atoms with Crippen LogP contribution in [0.15, 0.2) is 18.2 Å². The molecule has 0 atom stereocenters. The molecule has 0 bridgehead atoms. The van der Waals surface area contributed by atoms with Gasteiger partial charge in [-0.3, -0.25) is 4.79 Å². The van der Waals surface area contributed by atoms with Crippen molar-refractivity contribution in [1.82, 2.24) is 5.32 Å². The van der Waals surface area contributed by atoms with E-state index in [1.807, 2.05) is 27.7 Å². The van der Waals surface area contributed by atoms with Crippen molar-refractivity contribution in [1.29, 1.82) is 0 Å². The molecule has 0 fully saturated rings. The fraction of sp³-hybridized carbons (Fsp3) is 0.588. The van der Waals surface area contributed by atoms with Gasteiger partial charge < -0.3 is 10.1 Å². The first-order valence-electron chi connectivity index (χ1n) is 7.35. The summed E-state index contributed by atoms with van der Waals surface area (Å²) in [6.45, 7) is 11.3. The number of hydrogen-bond donors (Lipinski definition) is 1. The Balaban J connectivity index is 2.41. The van der Waals surface area contributed by atoms with Crippen molar-refractivity contribution in [3.63, 3.8) is 0 Å². The number of nitrogens with one attached hydrogen (secondary N) is 1. The van der Waals surface area contributed by atoms with E-state index < -0.39 is 0 Å². The highest BCUT2D eigenvalue weighted by Gasteiger charge is 2.26. The maximum atomic E-state index is 11.9. The SMILES string of the molecule is CCNC(=O)C(C)(C)CCCOc1cc(C)ccc1C. The number of rotatable bonds is 7. The maximum absolute atomic E-state index is 11.9. The van der Waals surface area contributed by atoms with E-state index in [-0.39, 0.29) is 11.3 Å². The van der Waals surface area contributed by atoms with E-state index in [2.05, 4.69) is 30.4 Å². The van der Waals surface area contributed by atoms with E-state index >= 15 is 0 Å². The molecule has 0 aliphatic carbocycles. The van der Waals surface area contributed by atoms with E-state index in [1.54, 1.807) is 0 Å². The van der Waals surface area contributed by atoms with E-state index in [0.717, 1.165) is 24.2 Å². The third kappa shape index (κ3) is 4.87. The smallest absolute Gasteiger partial charge is 0.225 e. The molecule has 0 aliphatic heterocycles. The van der Waals surface area contributed by atoms with Crippen molar-refractivity contribution in [3.05, 3.63) is 29.3 Å². The largest absolute Gasteiger partial charge is 0.493 e. The van der Waals surface area contributed by atoms with E-state index in [4.69, 9.17) is 4.74 Å². The number of aryl methyl sites for hydroxylation is 2. The number of benzene rings is 1. The number of ether oxygens (including phenoxy) is 1. The van der Waals surface area contributed by atoms with Gasteiger partial charge in [-0.15, -0.1) is 0 Å². The van der Waals surface area contributed by atoms with Crippen molar-refractivity contribution >= 4 is 5.91 Å². The van der Waals surface area contributed by atoms with Gasteiger partial charge in [0.05, 0.1) is 6.61 Å². The molecule has 3 nitrogen and oxygen atoms in total. The predicted molar refractivity (Wildman–Crippen MR) is 83.1 cm³/mol. The first-order valence-corrected chi connectivity index (χ1v) is 7.35. The molecule has 1 amide bonds. The quantitative estimate of drug-likeness (QED) is 0.773. The van der Waals surface area contributed by atoms with Crippen LogP contribution in [0.2, 0.25) is 0 Å². The second-order valence-corrected chi connectivity index (χ2v) is 5.96. The standard InChI is InChI=1S/C17H27NO2/c1-6-18-16(19)17(4,5)10-7-11-20-15-12-13(2)8-9-14(15)3/h8-9,12H,6-7,10-11H2,1-5H3,(H,18,19). The van der Waals surface area contributed by atoms with E-state index in [1.165, 1.54) is 5.56 Å². The molecule has 0 unspecified atom stereocenters. The normalized spacial score (nSPS) is 11.2. The minimum atomic E-state index is -0.332. The van der Waals surface area contributed by atoms with Crippen molar-refractivity contribution in [2.45, 2.75) is 47.5 Å². The molecule has 20 heavy (non-hydrogen) atoms. The number of hydrogen-bond acceptors (Lipinski definition) is 2. The van der Waals surface area contributed by atoms with E-state index in [0.29, 0.717) is 13.2 Å². The van der Waals surface area contributed by atoms with Crippen LogP contribution in [0.4, 0.5) is 0 Å². The zero-order chi connectivity index (χ0) is 15.2. The van der Waals surface area contributed by atoms with Gasteiger partial charge >= 0.3 is 0 Å². The molecule has 0 aromatic heterocycles. The average Bonchev–Trinajstić information content (AvgIpc) is 2.39. The van der Waals surface area contributed by atoms with Gasteiger partial charge in [0.25, 0.3) is 0 Å². The Morgan fingerprint density at radius 1 is 1.30 bits per heavy atom. The first-order chi connectivity index (χ1) is 9.36. The lowest BCUT2D eigenvalue weighted by molar-refractivity contribution is -0.129. The summed E-state index contributed by atoms with van der Waals surface area (Å²) < 4.78 is 5.82. The highest BCUT2D eigenvalue weighted by Crippen LogP contribution is 2.24. The Hall–Kier alpha value is -1.51. The average molecular weight is 277 g/mol. The summed E-state index contributed by atoms with van der Waals surface area (Å²) in [7, 11) is 0. The van der Waals surface area contributed by atoms with Crippen LogP contribution in [0.3, 0.4) is 0 Å². The zero-order valence-corrected chi connectivity index (χ0v) is 13.4. The monoisotopic (exact) mass is 277 g/mol. The molecule has 1 aromatic carbocycles. The number of carbonyl (C=O) groups is 1. The molecular weight excluding hydrogens is 250 g/mol. The van der Waals surface area contributed by atoms with Gasteiger partial charge in [-0.2, -0.15) is 0 Å². The molecule has 1 aromatic rings. The summed E-state index contributed by atoms with van der Waals surface area (Å²) >= 11 is 0. The number of carbonyl (C=O) groups excluding carboxylic acids is 1. The molecule has 0 saturated carbocycles. The lowest BCUT2D eigenvalue weighted by atomic mass is 9.87. The summed E-state index contributed by atoms with van der Waals surface area (Å²) in [6.07, 6.45) is 1.70. The minimum absolute atomic E-state index is 0.117. The highest BCUT2D eigenvalue weighted by molar-refractivity contribution is 5.81. The van der Waals surface area contributed by atoms with Crippen LogP contribution < -0.4 is 10.1 Å². The fourth-order valence-electron chi connectivity index (χ4n) is 2.07. The van der Waals surface area contributed by atoms with Crippen molar-refractivity contribution in [3.8, 4) is 5.75 Å². The van der Waals surface area contributed by atoms with Crippen LogP contribution in [0.1, 0.15) is 44.7 Å². The Morgan fingerprint density at radius 2 is 2.00 bits per heavy atom. The number of amides is 1. The zero-order valence-electron chi connectivity index (χ0n) is 13.4. The van der Waals surface area contributed by atoms with Gasteiger partial charge in [0.15, 0.2) is 0 Å². The molecule has 0 aliphatic rings. The summed E-state index contributed by atoms with van der Waals surface area (Å²) in [5.74, 6) is 1.06. The Labute approximate surface area is 122 Å². The summed E-state index contributed by atoms with van der Waals surface area (Å²) in [6, 6.07) is 6.22. The van der Waals surface area contributed by atoms with Crippen molar-refractivity contribution in [2.24, 2.45) is 5.41 Å². The minimum Gasteiger partial charge on any atom is -0.493 e. The van der Waals surface area contributed by atoms with Crippen LogP contribution >= 0.6 is 0 Å². The third-order valence-electron chi connectivity index (χ3n) is 3.50. The Bertz CT molecular complexity index is 452. The second-order valence-electron chi connectivity index (χ2n) is 5.96. The van der Waals surface area contributed by atoms with Gasteiger partial charge in [0.1, 0.15) is 5.75 Å². The van der Waals surface area contributed by atoms with Gasteiger partial charge in [0.2, 0.25) is 5.91 Å². The van der Waals surface area contributed by atoms with Crippen LogP contribution in [-0.2, 0) is 4.79 Å². The van der Waals surface area contributed by atoms with Crippen molar-refractivity contribution < 1.29 is 9.53 Å². The summed E-state index contributed by atoms with van der Waals surface area (Å²) in [5.41, 5.74) is 2.02. The maximum Gasteiger partial charge on any atom is 0.225 e. The highest BCUT2D eigenvalue weighted by atomic mass is 16.5. The Morgan fingerprint density at radius 3 is 2.65 bits per heavy atom. The molecule has 0 saturated heterocycles. The van der Waals surface area contributed by atoms with Crippen LogP contribution in [0.5, 0.6) is 5.75 Å². The third-order valence-corrected chi connectivity index (χ3v) is 3.50. The lowest BCUT2D eigenvalue weighted by Gasteiger charge is -2.23. The van der Waals surface area contributed by atoms with Crippen LogP contribution in [0.25, 0.3) is 0 Å². The topological polar surface area (TPSA) is 38.3 Å². The molecule has 112 valence electrons. The molecule has 0 radical (unpaired) electrons. The van der Waals surface area contributed by atoms with Crippen molar-refractivity contribution in [2.75, 3.05) is 13.2 Å². The van der Waals surface area contributed by atoms with Gasteiger partial charge in [-0.25, -0.2) is 0 Å². The Kier molecular flexibility index (Phi) is 6.05. The molecule has 1 rings (SSSR count). The van der Waals surface area contributed by atoms with Crippen LogP contribution in [0, 0.1) is 19.3 Å². The van der Waals surface area contributed by atoms with E-state index in [9.17, 15) is 4.79 Å². The first kappa shape index (κ1) is 16.5. The molecule has 3 heteroatoms. The summed E-state index contributed by atoms with van der Waals surface area (Å²) in [4.78, 5) is 11.9. The van der Waals surface area contributed by atoms with Crippen LogP contribution in [-0.4, -0.2) is 19.1 Å². The van der Waals surface area contributed by atoms with Gasteiger partial charge in [0, 0.05) is 12.0 Å². The molecule has 0 spiro atoms. The molecule has 0 heterocycles.